The normalized spacial score (nSPS) is 22.3. The Hall–Kier alpha value is -2.34. The van der Waals surface area contributed by atoms with Crippen LogP contribution in [0, 0.1) is 0 Å². The number of aliphatic hydroxyl groups is 1. The van der Waals surface area contributed by atoms with Crippen LogP contribution in [0.2, 0.25) is 0 Å². The summed E-state index contributed by atoms with van der Waals surface area (Å²) in [6.07, 6.45) is 0.304. The summed E-state index contributed by atoms with van der Waals surface area (Å²) in [5.74, 6) is -0.0389. The van der Waals surface area contributed by atoms with Gasteiger partial charge in [0.2, 0.25) is 0 Å². The van der Waals surface area contributed by atoms with E-state index in [1.165, 1.54) is 0 Å². The molecule has 0 spiro atoms. The summed E-state index contributed by atoms with van der Waals surface area (Å²) in [6.45, 7) is 5.11. The number of methoxy groups -OCH3 is 1. The third-order valence-corrected chi connectivity index (χ3v) is 4.39. The number of aliphatic hydroxyl groups excluding tert-OH is 1. The summed E-state index contributed by atoms with van der Waals surface area (Å²) in [5, 5.41) is 10.2. The Morgan fingerprint density at radius 2 is 1.88 bits per heavy atom. The van der Waals surface area contributed by atoms with E-state index >= 15 is 0 Å². The zero-order valence-corrected chi connectivity index (χ0v) is 15.3. The second kappa shape index (κ2) is 9.38. The molecule has 1 aromatic carbocycles. The summed E-state index contributed by atoms with van der Waals surface area (Å²) in [5.41, 5.74) is 1.34. The monoisotopic (exact) mass is 362 g/mol. The number of hydrogen-bond acceptors (Lipinski definition) is 6. The van der Waals surface area contributed by atoms with Crippen molar-refractivity contribution in [3.63, 3.8) is 0 Å². The maximum absolute atomic E-state index is 12.0. The predicted octanol–water partition coefficient (Wildman–Crippen LogP) is 2.57. The lowest BCUT2D eigenvalue weighted by Crippen LogP contribution is -2.40. The van der Waals surface area contributed by atoms with Crippen LogP contribution in [0.25, 0.3) is 0 Å². The van der Waals surface area contributed by atoms with Crippen LogP contribution in [0.3, 0.4) is 0 Å². The van der Waals surface area contributed by atoms with Gasteiger partial charge in [-0.1, -0.05) is 18.7 Å². The van der Waals surface area contributed by atoms with E-state index in [1.54, 1.807) is 14.0 Å². The largest absolute Gasteiger partial charge is 0.497 e. The van der Waals surface area contributed by atoms with Gasteiger partial charge in [0, 0.05) is 18.4 Å². The van der Waals surface area contributed by atoms with Gasteiger partial charge in [0.1, 0.15) is 18.0 Å². The van der Waals surface area contributed by atoms with Gasteiger partial charge in [-0.15, -0.1) is 0 Å². The molecule has 0 aliphatic heterocycles. The van der Waals surface area contributed by atoms with Crippen molar-refractivity contribution in [3.05, 3.63) is 42.0 Å². The van der Waals surface area contributed by atoms with Crippen molar-refractivity contribution < 1.29 is 28.9 Å². The third-order valence-electron chi connectivity index (χ3n) is 4.39. The van der Waals surface area contributed by atoms with Crippen LogP contribution in [0.1, 0.15) is 38.2 Å². The van der Waals surface area contributed by atoms with Gasteiger partial charge in [0.15, 0.2) is 0 Å². The van der Waals surface area contributed by atoms with Crippen molar-refractivity contribution in [1.29, 1.82) is 0 Å². The molecule has 1 saturated carbocycles. The number of rotatable bonds is 7. The predicted molar refractivity (Wildman–Crippen MR) is 95.7 cm³/mol. The SMILES string of the molecule is C=C(C)C(=O)OC1CCC(OC(=O)CCc2ccc(OC)cc2)C(O)C1. The summed E-state index contributed by atoms with van der Waals surface area (Å²) in [7, 11) is 1.60. The van der Waals surface area contributed by atoms with E-state index in [2.05, 4.69) is 6.58 Å². The fraction of sp³-hybridized carbons (Fsp3) is 0.500. The topological polar surface area (TPSA) is 82.1 Å². The fourth-order valence-corrected chi connectivity index (χ4v) is 2.84. The van der Waals surface area contributed by atoms with Gasteiger partial charge in [-0.3, -0.25) is 4.79 Å². The van der Waals surface area contributed by atoms with Crippen LogP contribution in [0.5, 0.6) is 5.75 Å². The second-order valence-electron chi connectivity index (χ2n) is 6.56. The smallest absolute Gasteiger partial charge is 0.333 e. The highest BCUT2D eigenvalue weighted by Crippen LogP contribution is 2.25. The number of carbonyl (C=O) groups excluding carboxylic acids is 2. The van der Waals surface area contributed by atoms with Crippen LogP contribution >= 0.6 is 0 Å². The Kier molecular flexibility index (Phi) is 7.21. The second-order valence-corrected chi connectivity index (χ2v) is 6.56. The molecule has 1 N–H and O–H groups in total. The van der Waals surface area contributed by atoms with Crippen molar-refractivity contribution in [2.75, 3.05) is 7.11 Å². The molecule has 26 heavy (non-hydrogen) atoms. The van der Waals surface area contributed by atoms with E-state index < -0.39 is 18.2 Å². The highest BCUT2D eigenvalue weighted by atomic mass is 16.6. The number of esters is 2. The van der Waals surface area contributed by atoms with Gasteiger partial charge in [-0.25, -0.2) is 4.79 Å². The molecule has 1 aromatic rings. The van der Waals surface area contributed by atoms with Crippen molar-refractivity contribution >= 4 is 11.9 Å². The molecule has 1 aliphatic rings. The van der Waals surface area contributed by atoms with E-state index in [0.717, 1.165) is 11.3 Å². The van der Waals surface area contributed by atoms with E-state index in [1.807, 2.05) is 24.3 Å². The van der Waals surface area contributed by atoms with Crippen LogP contribution in [-0.4, -0.2) is 42.5 Å². The number of aryl methyl sites for hydroxylation is 1. The molecule has 0 heterocycles. The minimum Gasteiger partial charge on any atom is -0.497 e. The average molecular weight is 362 g/mol. The van der Waals surface area contributed by atoms with Gasteiger partial charge >= 0.3 is 11.9 Å². The molecule has 0 aromatic heterocycles. The van der Waals surface area contributed by atoms with Crippen molar-refractivity contribution in [2.45, 2.75) is 57.3 Å². The van der Waals surface area contributed by atoms with Gasteiger partial charge < -0.3 is 19.3 Å². The van der Waals surface area contributed by atoms with E-state index in [0.29, 0.717) is 24.8 Å². The first-order chi connectivity index (χ1) is 12.4. The Labute approximate surface area is 153 Å². The molecule has 142 valence electrons. The van der Waals surface area contributed by atoms with Gasteiger partial charge in [0.05, 0.1) is 13.2 Å². The Balaban J connectivity index is 1.75. The number of benzene rings is 1. The zero-order valence-electron chi connectivity index (χ0n) is 15.3. The standard InChI is InChI=1S/C20H26O6/c1-13(2)20(23)25-16-9-10-18(17(21)12-16)26-19(22)11-6-14-4-7-15(24-3)8-5-14/h4-5,7-8,16-18,21H,1,6,9-12H2,2-3H3. The summed E-state index contributed by atoms with van der Waals surface area (Å²) < 4.78 is 15.7. The molecule has 6 nitrogen and oxygen atoms in total. The quantitative estimate of drug-likeness (QED) is 0.593. The number of ether oxygens (including phenoxy) is 3. The lowest BCUT2D eigenvalue weighted by molar-refractivity contribution is -0.166. The molecule has 0 bridgehead atoms. The lowest BCUT2D eigenvalue weighted by atomic mass is 9.92. The first-order valence-corrected chi connectivity index (χ1v) is 8.76. The zero-order chi connectivity index (χ0) is 19.1. The maximum Gasteiger partial charge on any atom is 0.333 e. The molecule has 1 aliphatic carbocycles. The summed E-state index contributed by atoms with van der Waals surface area (Å²) in [4.78, 5) is 23.6. The molecule has 1 fully saturated rings. The molecular weight excluding hydrogens is 336 g/mol. The number of carbonyl (C=O) groups is 2. The molecule has 3 unspecified atom stereocenters. The Morgan fingerprint density at radius 1 is 1.19 bits per heavy atom. The summed E-state index contributed by atoms with van der Waals surface area (Å²) >= 11 is 0. The van der Waals surface area contributed by atoms with E-state index in [-0.39, 0.29) is 24.9 Å². The van der Waals surface area contributed by atoms with Gasteiger partial charge in [-0.05, 0) is 43.9 Å². The average Bonchev–Trinajstić information content (AvgIpc) is 2.62. The van der Waals surface area contributed by atoms with Crippen LogP contribution in [0.4, 0.5) is 0 Å². The molecule has 2 rings (SSSR count). The van der Waals surface area contributed by atoms with E-state index in [4.69, 9.17) is 14.2 Å². The van der Waals surface area contributed by atoms with Crippen molar-refractivity contribution in [2.24, 2.45) is 0 Å². The first kappa shape index (κ1) is 20.0. The summed E-state index contributed by atoms with van der Waals surface area (Å²) in [6, 6.07) is 7.50. The van der Waals surface area contributed by atoms with Crippen LogP contribution in [0.15, 0.2) is 36.4 Å². The van der Waals surface area contributed by atoms with Crippen LogP contribution < -0.4 is 4.74 Å². The highest BCUT2D eigenvalue weighted by Gasteiger charge is 2.33. The Morgan fingerprint density at radius 3 is 2.46 bits per heavy atom. The van der Waals surface area contributed by atoms with Crippen molar-refractivity contribution in [1.82, 2.24) is 0 Å². The molecule has 3 atom stereocenters. The van der Waals surface area contributed by atoms with Gasteiger partial charge in [0.25, 0.3) is 0 Å². The lowest BCUT2D eigenvalue weighted by Gasteiger charge is -2.32. The fourth-order valence-electron chi connectivity index (χ4n) is 2.84. The van der Waals surface area contributed by atoms with Crippen LogP contribution in [-0.2, 0) is 25.5 Å². The van der Waals surface area contributed by atoms with Crippen molar-refractivity contribution in [3.8, 4) is 5.75 Å². The third kappa shape index (κ3) is 5.88. The Bertz CT molecular complexity index is 636. The molecule has 0 radical (unpaired) electrons. The first-order valence-electron chi connectivity index (χ1n) is 8.76. The van der Waals surface area contributed by atoms with E-state index in [9.17, 15) is 14.7 Å². The van der Waals surface area contributed by atoms with Gasteiger partial charge in [-0.2, -0.15) is 0 Å². The molecule has 6 heteroatoms. The highest BCUT2D eigenvalue weighted by molar-refractivity contribution is 5.87. The molecular formula is C20H26O6. The minimum absolute atomic E-state index is 0.240. The number of hydrogen-bond donors (Lipinski definition) is 1. The molecule has 0 saturated heterocycles. The molecule has 0 amide bonds. The minimum atomic E-state index is -0.836. The maximum atomic E-state index is 12.0.